The predicted octanol–water partition coefficient (Wildman–Crippen LogP) is 1.13. The fourth-order valence-electron chi connectivity index (χ4n) is 1.49. The van der Waals surface area contributed by atoms with Gasteiger partial charge in [-0.1, -0.05) is 5.16 Å². The summed E-state index contributed by atoms with van der Waals surface area (Å²) < 4.78 is 42.7. The molecule has 0 bridgehead atoms. The van der Waals surface area contributed by atoms with Crippen molar-refractivity contribution in [3.8, 4) is 0 Å². The van der Waals surface area contributed by atoms with Gasteiger partial charge in [0.2, 0.25) is 11.8 Å². The third kappa shape index (κ3) is 4.02. The molecule has 0 aliphatic heterocycles. The van der Waals surface area contributed by atoms with Crippen LogP contribution < -0.4 is 16.6 Å². The number of hydrogen-bond acceptors (Lipinski definition) is 8. The van der Waals surface area contributed by atoms with Gasteiger partial charge in [0.15, 0.2) is 11.5 Å². The number of nitrogens with zero attached hydrogens (tertiary/aromatic N) is 4. The van der Waals surface area contributed by atoms with E-state index in [-0.39, 0.29) is 18.3 Å². The van der Waals surface area contributed by atoms with Crippen molar-refractivity contribution in [2.45, 2.75) is 19.5 Å². The number of hydrogen-bond donors (Lipinski definition) is 3. The first-order valence-electron chi connectivity index (χ1n) is 5.84. The van der Waals surface area contributed by atoms with Crippen molar-refractivity contribution in [3.05, 3.63) is 23.5 Å². The number of rotatable bonds is 5. The van der Waals surface area contributed by atoms with Gasteiger partial charge in [0.25, 0.3) is 0 Å². The Labute approximate surface area is 116 Å². The first kappa shape index (κ1) is 15.0. The molecule has 0 saturated heterocycles. The van der Waals surface area contributed by atoms with Crippen molar-refractivity contribution < 1.29 is 17.7 Å². The number of nitrogen functional groups attached to an aromatic ring is 1. The van der Waals surface area contributed by atoms with Crippen LogP contribution in [0.1, 0.15) is 17.4 Å². The zero-order chi connectivity index (χ0) is 15.5. The molecule has 2 rings (SSSR count). The molecule has 4 N–H and O–H groups in total. The van der Waals surface area contributed by atoms with Crippen LogP contribution in [0, 0.1) is 6.92 Å². The Bertz CT molecular complexity index is 613. The van der Waals surface area contributed by atoms with Crippen molar-refractivity contribution in [2.24, 2.45) is 5.84 Å². The number of anilines is 2. The molecule has 2 aromatic rings. The Balaban J connectivity index is 2.05. The zero-order valence-corrected chi connectivity index (χ0v) is 10.9. The lowest BCUT2D eigenvalue weighted by molar-refractivity contribution is -0.141. The SMILES string of the molecule is Cc1nc(CCNc2cc(C(F)(F)F)nc(NN)n2)no1. The van der Waals surface area contributed by atoms with Crippen LogP contribution in [0.3, 0.4) is 0 Å². The number of halogens is 3. The quantitative estimate of drug-likeness (QED) is 0.556. The van der Waals surface area contributed by atoms with Gasteiger partial charge < -0.3 is 9.84 Å². The van der Waals surface area contributed by atoms with Crippen LogP contribution in [-0.4, -0.2) is 26.7 Å². The van der Waals surface area contributed by atoms with Gasteiger partial charge in [0.1, 0.15) is 5.82 Å². The van der Waals surface area contributed by atoms with E-state index in [1.165, 1.54) is 0 Å². The smallest absolute Gasteiger partial charge is 0.369 e. The Kier molecular flexibility index (Phi) is 4.21. The lowest BCUT2D eigenvalue weighted by Gasteiger charge is -2.10. The summed E-state index contributed by atoms with van der Waals surface area (Å²) in [6.07, 6.45) is -4.22. The van der Waals surface area contributed by atoms with Crippen LogP contribution in [0.15, 0.2) is 10.6 Å². The third-order valence-electron chi connectivity index (χ3n) is 2.37. The summed E-state index contributed by atoms with van der Waals surface area (Å²) in [5, 5.41) is 6.39. The molecular weight excluding hydrogens is 291 g/mol. The van der Waals surface area contributed by atoms with E-state index in [2.05, 4.69) is 25.4 Å². The van der Waals surface area contributed by atoms with Gasteiger partial charge in [-0.2, -0.15) is 23.1 Å². The van der Waals surface area contributed by atoms with Gasteiger partial charge in [0, 0.05) is 26.0 Å². The minimum absolute atomic E-state index is 0.00880. The Morgan fingerprint density at radius 2 is 2.05 bits per heavy atom. The molecular formula is C10H12F3N7O. The lowest BCUT2D eigenvalue weighted by atomic mass is 10.3. The Morgan fingerprint density at radius 1 is 1.29 bits per heavy atom. The van der Waals surface area contributed by atoms with Crippen molar-refractivity contribution in [1.82, 2.24) is 20.1 Å². The van der Waals surface area contributed by atoms with E-state index in [9.17, 15) is 13.2 Å². The molecule has 0 atom stereocenters. The third-order valence-corrected chi connectivity index (χ3v) is 2.37. The summed E-state index contributed by atoms with van der Waals surface area (Å²) in [4.78, 5) is 11.0. The maximum atomic E-state index is 12.7. The van der Waals surface area contributed by atoms with Crippen molar-refractivity contribution in [1.29, 1.82) is 0 Å². The second kappa shape index (κ2) is 5.91. The van der Waals surface area contributed by atoms with Gasteiger partial charge in [-0.3, -0.25) is 5.43 Å². The summed E-state index contributed by atoms with van der Waals surface area (Å²) in [7, 11) is 0. The van der Waals surface area contributed by atoms with Crippen molar-refractivity contribution in [2.75, 3.05) is 17.3 Å². The summed E-state index contributed by atoms with van der Waals surface area (Å²) in [5.41, 5.74) is 0.895. The van der Waals surface area contributed by atoms with E-state index in [1.54, 1.807) is 6.92 Å². The van der Waals surface area contributed by atoms with Gasteiger partial charge in [-0.25, -0.2) is 10.8 Å². The average Bonchev–Trinajstić information content (AvgIpc) is 2.83. The average molecular weight is 303 g/mol. The lowest BCUT2D eigenvalue weighted by Crippen LogP contribution is -2.17. The molecule has 0 fully saturated rings. The molecule has 0 spiro atoms. The second-order valence-electron chi connectivity index (χ2n) is 4.01. The number of hydrazine groups is 1. The highest BCUT2D eigenvalue weighted by Crippen LogP contribution is 2.29. The summed E-state index contributed by atoms with van der Waals surface area (Å²) in [6.45, 7) is 1.92. The summed E-state index contributed by atoms with van der Waals surface area (Å²) in [6, 6.07) is 0.794. The Morgan fingerprint density at radius 3 is 2.62 bits per heavy atom. The molecule has 0 saturated carbocycles. The summed E-state index contributed by atoms with van der Waals surface area (Å²) >= 11 is 0. The van der Waals surface area contributed by atoms with Gasteiger partial charge in [-0.15, -0.1) is 0 Å². The highest BCUT2D eigenvalue weighted by molar-refractivity contribution is 5.42. The van der Waals surface area contributed by atoms with Gasteiger partial charge in [-0.05, 0) is 0 Å². The molecule has 2 heterocycles. The van der Waals surface area contributed by atoms with Crippen molar-refractivity contribution >= 4 is 11.8 Å². The number of nitrogens with two attached hydrogens (primary N) is 1. The number of aryl methyl sites for hydroxylation is 1. The molecule has 0 aliphatic carbocycles. The summed E-state index contributed by atoms with van der Waals surface area (Å²) in [5.74, 6) is 5.58. The molecule has 0 amide bonds. The van der Waals surface area contributed by atoms with Gasteiger partial charge >= 0.3 is 6.18 Å². The number of alkyl halides is 3. The maximum absolute atomic E-state index is 12.7. The molecule has 0 aromatic carbocycles. The van der Waals surface area contributed by atoms with E-state index in [1.807, 2.05) is 5.43 Å². The van der Waals surface area contributed by atoms with E-state index in [0.717, 1.165) is 6.07 Å². The van der Waals surface area contributed by atoms with E-state index < -0.39 is 11.9 Å². The molecule has 8 nitrogen and oxygen atoms in total. The van der Waals surface area contributed by atoms with Crippen molar-refractivity contribution in [3.63, 3.8) is 0 Å². The molecule has 0 aliphatic rings. The molecule has 11 heteroatoms. The molecule has 114 valence electrons. The van der Waals surface area contributed by atoms with Crippen LogP contribution in [-0.2, 0) is 12.6 Å². The van der Waals surface area contributed by atoms with Crippen LogP contribution in [0.25, 0.3) is 0 Å². The standard InChI is InChI=1S/C10H12F3N7O/c1-5-16-7(20-21-5)2-3-15-8-4-6(10(11,12)13)17-9(18-8)19-14/h4H,2-3,14H2,1H3,(H2,15,17,18,19). The van der Waals surface area contributed by atoms with Crippen LogP contribution in [0.5, 0.6) is 0 Å². The van der Waals surface area contributed by atoms with Crippen LogP contribution >= 0.6 is 0 Å². The zero-order valence-electron chi connectivity index (χ0n) is 10.9. The monoisotopic (exact) mass is 303 g/mol. The first-order valence-corrected chi connectivity index (χ1v) is 5.84. The fourth-order valence-corrected chi connectivity index (χ4v) is 1.49. The molecule has 0 unspecified atom stereocenters. The van der Waals surface area contributed by atoms with Gasteiger partial charge in [0.05, 0.1) is 0 Å². The highest BCUT2D eigenvalue weighted by atomic mass is 19.4. The number of nitrogens with one attached hydrogen (secondary N) is 2. The van der Waals surface area contributed by atoms with E-state index in [0.29, 0.717) is 18.1 Å². The first-order chi connectivity index (χ1) is 9.88. The highest BCUT2D eigenvalue weighted by Gasteiger charge is 2.33. The molecule has 21 heavy (non-hydrogen) atoms. The van der Waals surface area contributed by atoms with E-state index in [4.69, 9.17) is 10.4 Å². The predicted molar refractivity (Wildman–Crippen MR) is 66.1 cm³/mol. The number of aromatic nitrogens is 4. The molecule has 2 aromatic heterocycles. The van der Waals surface area contributed by atoms with E-state index >= 15 is 0 Å². The van der Waals surface area contributed by atoms with Crippen LogP contribution in [0.2, 0.25) is 0 Å². The topological polar surface area (TPSA) is 115 Å². The van der Waals surface area contributed by atoms with Crippen LogP contribution in [0.4, 0.5) is 24.9 Å². The normalized spacial score (nSPS) is 11.5. The largest absolute Gasteiger partial charge is 0.433 e. The minimum atomic E-state index is -4.59. The maximum Gasteiger partial charge on any atom is 0.433 e. The Hall–Kier alpha value is -2.43. The minimum Gasteiger partial charge on any atom is -0.369 e. The second-order valence-corrected chi connectivity index (χ2v) is 4.01. The molecule has 0 radical (unpaired) electrons. The fraction of sp³-hybridized carbons (Fsp3) is 0.400.